The molecule has 2 aromatic carbocycles. The lowest BCUT2D eigenvalue weighted by Gasteiger charge is -2.09. The summed E-state index contributed by atoms with van der Waals surface area (Å²) in [5.74, 6) is 0.853. The molecule has 0 aliphatic rings. The molecule has 0 atom stereocenters. The summed E-state index contributed by atoms with van der Waals surface area (Å²) in [5.41, 5.74) is 4.39. The van der Waals surface area contributed by atoms with E-state index in [0.717, 1.165) is 22.7 Å². The van der Waals surface area contributed by atoms with E-state index in [1.807, 2.05) is 43.3 Å². The van der Waals surface area contributed by atoms with Crippen molar-refractivity contribution in [2.45, 2.75) is 6.92 Å². The zero-order valence-corrected chi connectivity index (χ0v) is 13.0. The number of allylic oxidation sites excluding steroid dienone is 5. The monoisotopic (exact) mass is 291 g/mol. The van der Waals surface area contributed by atoms with E-state index in [0.29, 0.717) is 0 Å². The highest BCUT2D eigenvalue weighted by Crippen LogP contribution is 2.23. The molecular weight excluding hydrogens is 270 g/mol. The first-order valence-electron chi connectivity index (χ1n) is 7.23. The van der Waals surface area contributed by atoms with Crippen LogP contribution in [0.15, 0.2) is 79.4 Å². The van der Waals surface area contributed by atoms with E-state index in [-0.39, 0.29) is 0 Å². The number of nitrogens with one attached hydrogen (secondary N) is 1. The summed E-state index contributed by atoms with van der Waals surface area (Å²) in [7, 11) is 1.67. The first-order chi connectivity index (χ1) is 10.8. The summed E-state index contributed by atoms with van der Waals surface area (Å²) in [6.45, 7) is 5.77. The average molecular weight is 291 g/mol. The van der Waals surface area contributed by atoms with E-state index in [9.17, 15) is 0 Å². The van der Waals surface area contributed by atoms with Crippen LogP contribution in [0.25, 0.3) is 5.57 Å². The van der Waals surface area contributed by atoms with Crippen molar-refractivity contribution in [3.63, 3.8) is 0 Å². The molecule has 0 amide bonds. The summed E-state index contributed by atoms with van der Waals surface area (Å²) >= 11 is 0. The summed E-state index contributed by atoms with van der Waals surface area (Å²) in [6.07, 6.45) is 7.91. The fraction of sp³-hybridized carbons (Fsp3) is 0.100. The van der Waals surface area contributed by atoms with Gasteiger partial charge in [-0.05, 0) is 54.5 Å². The summed E-state index contributed by atoms with van der Waals surface area (Å²) < 4.78 is 5.16. The Morgan fingerprint density at radius 1 is 1.00 bits per heavy atom. The Balaban J connectivity index is 2.14. The molecule has 0 saturated heterocycles. The molecule has 2 aromatic rings. The lowest BCUT2D eigenvalue weighted by atomic mass is 10.0. The van der Waals surface area contributed by atoms with Crippen molar-refractivity contribution >= 4 is 16.9 Å². The van der Waals surface area contributed by atoms with Crippen LogP contribution in [-0.2, 0) is 0 Å². The minimum atomic E-state index is 0.853. The smallest absolute Gasteiger partial charge is 0.119 e. The van der Waals surface area contributed by atoms with Crippen molar-refractivity contribution in [2.75, 3.05) is 12.4 Å². The minimum Gasteiger partial charge on any atom is -0.497 e. The molecule has 0 aliphatic heterocycles. The Morgan fingerprint density at radius 2 is 1.59 bits per heavy atom. The SMILES string of the molecule is C=C/C=C(\C=C/C)c1ccc(Nc2ccc(OC)cc2)cc1. The second kappa shape index (κ2) is 7.89. The molecule has 0 spiro atoms. The van der Waals surface area contributed by atoms with Gasteiger partial charge in [0.05, 0.1) is 7.11 Å². The van der Waals surface area contributed by atoms with Crippen LogP contribution in [-0.4, -0.2) is 7.11 Å². The zero-order valence-electron chi connectivity index (χ0n) is 13.0. The average Bonchev–Trinajstić information content (AvgIpc) is 2.56. The van der Waals surface area contributed by atoms with Gasteiger partial charge in [0.1, 0.15) is 5.75 Å². The van der Waals surface area contributed by atoms with Gasteiger partial charge in [0.25, 0.3) is 0 Å². The van der Waals surface area contributed by atoms with Crippen LogP contribution in [0.1, 0.15) is 12.5 Å². The molecular formula is C20H21NO. The van der Waals surface area contributed by atoms with Gasteiger partial charge in [-0.3, -0.25) is 0 Å². The third kappa shape index (κ3) is 4.13. The van der Waals surface area contributed by atoms with Gasteiger partial charge < -0.3 is 10.1 Å². The molecule has 0 fully saturated rings. The second-order valence-corrected chi connectivity index (χ2v) is 4.79. The first kappa shape index (κ1) is 15.6. The Bertz CT molecular complexity index is 664. The maximum atomic E-state index is 5.16. The molecule has 2 nitrogen and oxygen atoms in total. The maximum Gasteiger partial charge on any atom is 0.119 e. The number of hydrogen-bond donors (Lipinski definition) is 1. The van der Waals surface area contributed by atoms with Gasteiger partial charge in [0, 0.05) is 11.4 Å². The van der Waals surface area contributed by atoms with Gasteiger partial charge in [-0.15, -0.1) is 0 Å². The minimum absolute atomic E-state index is 0.853. The summed E-state index contributed by atoms with van der Waals surface area (Å²) in [6, 6.07) is 16.2. The number of ether oxygens (including phenoxy) is 1. The fourth-order valence-corrected chi connectivity index (χ4v) is 2.14. The Hall–Kier alpha value is -2.74. The predicted molar refractivity (Wildman–Crippen MR) is 95.7 cm³/mol. The Morgan fingerprint density at radius 3 is 2.09 bits per heavy atom. The molecule has 0 unspecified atom stereocenters. The number of hydrogen-bond acceptors (Lipinski definition) is 2. The molecule has 2 rings (SSSR count). The van der Waals surface area contributed by atoms with Crippen molar-refractivity contribution in [2.24, 2.45) is 0 Å². The van der Waals surface area contributed by atoms with E-state index in [2.05, 4.69) is 42.2 Å². The standard InChI is InChI=1S/C20H21NO/c1-4-6-16(7-5-2)17-8-10-18(11-9-17)21-19-12-14-20(22-3)15-13-19/h4-15,21H,1H2,2-3H3/b7-5-,16-6+. The van der Waals surface area contributed by atoms with E-state index in [4.69, 9.17) is 4.74 Å². The molecule has 0 bridgehead atoms. The largest absolute Gasteiger partial charge is 0.497 e. The number of methoxy groups -OCH3 is 1. The second-order valence-electron chi connectivity index (χ2n) is 4.79. The quantitative estimate of drug-likeness (QED) is 0.701. The lowest BCUT2D eigenvalue weighted by Crippen LogP contribution is -1.91. The third-order valence-corrected chi connectivity index (χ3v) is 3.24. The molecule has 1 N–H and O–H groups in total. The van der Waals surface area contributed by atoms with Crippen molar-refractivity contribution in [1.29, 1.82) is 0 Å². The molecule has 0 heterocycles. The maximum absolute atomic E-state index is 5.16. The van der Waals surface area contributed by atoms with Crippen molar-refractivity contribution in [1.82, 2.24) is 0 Å². The van der Waals surface area contributed by atoms with Gasteiger partial charge in [-0.1, -0.05) is 43.0 Å². The molecule has 112 valence electrons. The molecule has 0 aliphatic carbocycles. The van der Waals surface area contributed by atoms with Crippen molar-refractivity contribution < 1.29 is 4.74 Å². The van der Waals surface area contributed by atoms with E-state index < -0.39 is 0 Å². The Labute approximate surface area is 132 Å². The molecule has 0 radical (unpaired) electrons. The highest BCUT2D eigenvalue weighted by Gasteiger charge is 1.99. The third-order valence-electron chi connectivity index (χ3n) is 3.24. The van der Waals surface area contributed by atoms with Crippen LogP contribution in [0.5, 0.6) is 5.75 Å². The summed E-state index contributed by atoms with van der Waals surface area (Å²) in [4.78, 5) is 0. The first-order valence-corrected chi connectivity index (χ1v) is 7.23. The fourth-order valence-electron chi connectivity index (χ4n) is 2.14. The van der Waals surface area contributed by atoms with E-state index >= 15 is 0 Å². The van der Waals surface area contributed by atoms with Crippen LogP contribution < -0.4 is 10.1 Å². The molecule has 2 heteroatoms. The predicted octanol–water partition coefficient (Wildman–Crippen LogP) is 5.58. The summed E-state index contributed by atoms with van der Waals surface area (Å²) in [5, 5.41) is 3.37. The van der Waals surface area contributed by atoms with Crippen LogP contribution in [0.4, 0.5) is 11.4 Å². The topological polar surface area (TPSA) is 21.3 Å². The lowest BCUT2D eigenvalue weighted by molar-refractivity contribution is 0.415. The molecule has 0 saturated carbocycles. The highest BCUT2D eigenvalue weighted by molar-refractivity contribution is 5.76. The van der Waals surface area contributed by atoms with Gasteiger partial charge in [-0.25, -0.2) is 0 Å². The van der Waals surface area contributed by atoms with Gasteiger partial charge in [-0.2, -0.15) is 0 Å². The van der Waals surface area contributed by atoms with Crippen LogP contribution in [0.3, 0.4) is 0 Å². The van der Waals surface area contributed by atoms with Crippen molar-refractivity contribution in [3.8, 4) is 5.75 Å². The zero-order chi connectivity index (χ0) is 15.8. The van der Waals surface area contributed by atoms with Gasteiger partial charge >= 0.3 is 0 Å². The number of benzene rings is 2. The Kier molecular flexibility index (Phi) is 5.61. The molecule has 0 aromatic heterocycles. The van der Waals surface area contributed by atoms with E-state index in [1.54, 1.807) is 13.2 Å². The normalized spacial score (nSPS) is 11.5. The van der Waals surface area contributed by atoms with Crippen molar-refractivity contribution in [3.05, 3.63) is 85.0 Å². The molecule has 22 heavy (non-hydrogen) atoms. The number of anilines is 2. The van der Waals surface area contributed by atoms with Gasteiger partial charge in [0.2, 0.25) is 0 Å². The van der Waals surface area contributed by atoms with Gasteiger partial charge in [0.15, 0.2) is 0 Å². The number of rotatable bonds is 6. The van der Waals surface area contributed by atoms with Crippen LogP contribution in [0.2, 0.25) is 0 Å². The van der Waals surface area contributed by atoms with Crippen LogP contribution in [0, 0.1) is 0 Å². The van der Waals surface area contributed by atoms with E-state index in [1.165, 1.54) is 5.56 Å². The highest BCUT2D eigenvalue weighted by atomic mass is 16.5. The van der Waals surface area contributed by atoms with Crippen LogP contribution >= 0.6 is 0 Å².